The van der Waals surface area contributed by atoms with E-state index in [0.717, 1.165) is 0 Å². The molecule has 0 bridgehead atoms. The highest BCUT2D eigenvalue weighted by atomic mass is 32.2. The second-order valence-electron chi connectivity index (χ2n) is 4.02. The van der Waals surface area contributed by atoms with Crippen molar-refractivity contribution in [2.24, 2.45) is 0 Å². The Morgan fingerprint density at radius 2 is 2.17 bits per heavy atom. The number of ether oxygens (including phenoxy) is 1. The van der Waals surface area contributed by atoms with Gasteiger partial charge in [0.2, 0.25) is 0 Å². The van der Waals surface area contributed by atoms with Crippen molar-refractivity contribution >= 4 is 16.2 Å². The normalized spacial score (nSPS) is 21.1. The molecule has 7 nitrogen and oxygen atoms in total. The number of carbonyl (C=O) groups excluding carboxylic acids is 1. The number of nitrogens with one attached hydrogen (secondary N) is 2. The highest BCUT2D eigenvalue weighted by Crippen LogP contribution is 2.21. The summed E-state index contributed by atoms with van der Waals surface area (Å²) < 4.78 is 32.6. The molecule has 1 atom stereocenters. The van der Waals surface area contributed by atoms with E-state index in [9.17, 15) is 13.2 Å². The van der Waals surface area contributed by atoms with Crippen LogP contribution in [-0.2, 0) is 19.7 Å². The van der Waals surface area contributed by atoms with Crippen LogP contribution in [0.25, 0.3) is 0 Å². The fraction of sp³-hybridized carbons (Fsp3) is 0.900. The zero-order valence-electron chi connectivity index (χ0n) is 10.8. The molecule has 1 aliphatic rings. The number of carbonyl (C=O) groups is 1. The minimum absolute atomic E-state index is 0.260. The van der Waals surface area contributed by atoms with Crippen LogP contribution in [0, 0.1) is 0 Å². The van der Waals surface area contributed by atoms with Crippen molar-refractivity contribution in [1.82, 2.24) is 14.3 Å². The molecule has 0 amide bonds. The largest absolute Gasteiger partial charge is 0.465 e. The van der Waals surface area contributed by atoms with Crippen molar-refractivity contribution in [2.75, 3.05) is 33.3 Å². The highest BCUT2D eigenvalue weighted by molar-refractivity contribution is 7.87. The first kappa shape index (κ1) is 15.4. The number of rotatable bonds is 7. The summed E-state index contributed by atoms with van der Waals surface area (Å²) in [5, 5.41) is 2.85. The van der Waals surface area contributed by atoms with Crippen LogP contribution in [0.1, 0.15) is 19.8 Å². The first-order valence-electron chi connectivity index (χ1n) is 6.10. The van der Waals surface area contributed by atoms with E-state index in [1.54, 1.807) is 14.0 Å². The Kier molecular flexibility index (Phi) is 6.00. The van der Waals surface area contributed by atoms with Gasteiger partial charge >= 0.3 is 5.97 Å². The van der Waals surface area contributed by atoms with Crippen LogP contribution in [0.2, 0.25) is 0 Å². The lowest BCUT2D eigenvalue weighted by Crippen LogP contribution is -2.48. The van der Waals surface area contributed by atoms with Gasteiger partial charge in [0.25, 0.3) is 10.2 Å². The smallest absolute Gasteiger partial charge is 0.324 e. The maximum Gasteiger partial charge on any atom is 0.324 e. The first-order valence-corrected chi connectivity index (χ1v) is 7.54. The Labute approximate surface area is 108 Å². The predicted octanol–water partition coefficient (Wildman–Crippen LogP) is -0.932. The molecule has 1 aliphatic heterocycles. The Morgan fingerprint density at radius 3 is 2.78 bits per heavy atom. The zero-order valence-corrected chi connectivity index (χ0v) is 11.6. The van der Waals surface area contributed by atoms with E-state index in [4.69, 9.17) is 4.74 Å². The molecule has 1 saturated heterocycles. The third-order valence-corrected chi connectivity index (χ3v) is 4.35. The van der Waals surface area contributed by atoms with Crippen LogP contribution in [-0.4, -0.2) is 58.0 Å². The van der Waals surface area contributed by atoms with Crippen LogP contribution < -0.4 is 10.0 Å². The van der Waals surface area contributed by atoms with Gasteiger partial charge in [-0.3, -0.25) is 4.79 Å². The third-order valence-electron chi connectivity index (χ3n) is 2.73. The molecule has 18 heavy (non-hydrogen) atoms. The monoisotopic (exact) mass is 279 g/mol. The molecule has 1 fully saturated rings. The summed E-state index contributed by atoms with van der Waals surface area (Å²) in [4.78, 5) is 11.7. The van der Waals surface area contributed by atoms with Crippen molar-refractivity contribution in [2.45, 2.75) is 25.8 Å². The predicted molar refractivity (Wildman–Crippen MR) is 67.2 cm³/mol. The fourth-order valence-corrected chi connectivity index (χ4v) is 3.31. The van der Waals surface area contributed by atoms with E-state index in [1.165, 1.54) is 4.31 Å². The number of hydrogen-bond donors (Lipinski definition) is 2. The summed E-state index contributed by atoms with van der Waals surface area (Å²) in [5.41, 5.74) is 0. The molecule has 0 aromatic carbocycles. The Bertz CT molecular complexity index is 371. The molecule has 0 saturated carbocycles. The second kappa shape index (κ2) is 7.03. The van der Waals surface area contributed by atoms with Crippen LogP contribution in [0.4, 0.5) is 0 Å². The number of nitrogens with zero attached hydrogens (tertiary/aromatic N) is 1. The van der Waals surface area contributed by atoms with Gasteiger partial charge < -0.3 is 10.1 Å². The molecule has 1 heterocycles. The van der Waals surface area contributed by atoms with Gasteiger partial charge in [-0.1, -0.05) is 0 Å². The van der Waals surface area contributed by atoms with Crippen LogP contribution >= 0.6 is 0 Å². The second-order valence-corrected chi connectivity index (χ2v) is 5.73. The molecule has 0 aromatic heterocycles. The molecule has 0 aliphatic carbocycles. The number of likely N-dealkylation sites (N-methyl/N-ethyl adjacent to an activating group) is 1. The average molecular weight is 279 g/mol. The maximum atomic E-state index is 12.0. The molecular formula is C10H21N3O4S. The summed E-state index contributed by atoms with van der Waals surface area (Å²) in [7, 11) is -1.86. The maximum absolute atomic E-state index is 12.0. The Hall–Kier alpha value is -0.700. The van der Waals surface area contributed by atoms with Gasteiger partial charge in [0.15, 0.2) is 0 Å². The van der Waals surface area contributed by atoms with Gasteiger partial charge in [0.1, 0.15) is 6.04 Å². The van der Waals surface area contributed by atoms with Crippen molar-refractivity contribution in [3.63, 3.8) is 0 Å². The molecule has 2 N–H and O–H groups in total. The lowest BCUT2D eigenvalue weighted by molar-refractivity contribution is -0.146. The van der Waals surface area contributed by atoms with Crippen molar-refractivity contribution in [3.8, 4) is 0 Å². The highest BCUT2D eigenvalue weighted by Gasteiger charge is 2.39. The quantitative estimate of drug-likeness (QED) is 0.464. The van der Waals surface area contributed by atoms with E-state index in [2.05, 4.69) is 10.0 Å². The van der Waals surface area contributed by atoms with Crippen molar-refractivity contribution in [3.05, 3.63) is 0 Å². The SMILES string of the molecule is CCOC(=O)C1CCCN1S(=O)(=O)NCCNC. The van der Waals surface area contributed by atoms with Gasteiger partial charge in [-0.05, 0) is 26.8 Å². The first-order chi connectivity index (χ1) is 8.53. The lowest BCUT2D eigenvalue weighted by atomic mass is 10.2. The third kappa shape index (κ3) is 3.91. The van der Waals surface area contributed by atoms with E-state index < -0.39 is 22.2 Å². The van der Waals surface area contributed by atoms with Gasteiger partial charge in [-0.25, -0.2) is 4.72 Å². The molecule has 8 heteroatoms. The van der Waals surface area contributed by atoms with Gasteiger partial charge in [-0.15, -0.1) is 0 Å². The van der Waals surface area contributed by atoms with Crippen LogP contribution in [0.3, 0.4) is 0 Å². The minimum atomic E-state index is -3.60. The molecular weight excluding hydrogens is 258 g/mol. The minimum Gasteiger partial charge on any atom is -0.465 e. The van der Waals surface area contributed by atoms with Gasteiger partial charge in [0, 0.05) is 19.6 Å². The number of esters is 1. The summed E-state index contributed by atoms with van der Waals surface area (Å²) >= 11 is 0. The van der Waals surface area contributed by atoms with Crippen LogP contribution in [0.15, 0.2) is 0 Å². The van der Waals surface area contributed by atoms with Crippen molar-refractivity contribution in [1.29, 1.82) is 0 Å². The molecule has 106 valence electrons. The van der Waals surface area contributed by atoms with E-state index in [0.29, 0.717) is 32.5 Å². The number of hydrogen-bond acceptors (Lipinski definition) is 5. The zero-order chi connectivity index (χ0) is 13.6. The van der Waals surface area contributed by atoms with Crippen molar-refractivity contribution < 1.29 is 17.9 Å². The van der Waals surface area contributed by atoms with Gasteiger partial charge in [0.05, 0.1) is 6.61 Å². The molecule has 0 spiro atoms. The summed E-state index contributed by atoms with van der Waals surface area (Å²) in [6.07, 6.45) is 1.20. The standard InChI is InChI=1S/C10H21N3O4S/c1-3-17-10(14)9-5-4-8-13(9)18(15,16)12-7-6-11-2/h9,11-12H,3-8H2,1-2H3. The van der Waals surface area contributed by atoms with E-state index in [1.807, 2.05) is 0 Å². The van der Waals surface area contributed by atoms with E-state index in [-0.39, 0.29) is 6.61 Å². The fourth-order valence-electron chi connectivity index (χ4n) is 1.89. The molecule has 1 unspecified atom stereocenters. The summed E-state index contributed by atoms with van der Waals surface area (Å²) in [5.74, 6) is -0.464. The molecule has 0 radical (unpaired) electrons. The Balaban J connectivity index is 2.65. The molecule has 0 aromatic rings. The van der Waals surface area contributed by atoms with Gasteiger partial charge in [-0.2, -0.15) is 12.7 Å². The lowest BCUT2D eigenvalue weighted by Gasteiger charge is -2.22. The summed E-state index contributed by atoms with van der Waals surface area (Å²) in [6.45, 7) is 3.16. The summed E-state index contributed by atoms with van der Waals surface area (Å²) in [6, 6.07) is -0.683. The average Bonchev–Trinajstić information content (AvgIpc) is 2.79. The topological polar surface area (TPSA) is 87.7 Å². The molecule has 1 rings (SSSR count). The van der Waals surface area contributed by atoms with Crippen LogP contribution in [0.5, 0.6) is 0 Å². The van der Waals surface area contributed by atoms with E-state index >= 15 is 0 Å². The Morgan fingerprint density at radius 1 is 1.44 bits per heavy atom.